The van der Waals surface area contributed by atoms with Gasteiger partial charge in [0.1, 0.15) is 11.5 Å². The fourth-order valence-corrected chi connectivity index (χ4v) is 5.03. The molecule has 178 valence electrons. The predicted octanol–water partition coefficient (Wildman–Crippen LogP) is 4.19. The molecule has 0 spiro atoms. The minimum atomic E-state index is -3.75. The van der Waals surface area contributed by atoms with E-state index in [4.69, 9.17) is 9.47 Å². The molecule has 0 unspecified atom stereocenters. The molecule has 0 saturated carbocycles. The molecule has 1 fully saturated rings. The quantitative estimate of drug-likeness (QED) is 0.492. The van der Waals surface area contributed by atoms with E-state index in [-0.39, 0.29) is 17.3 Å². The van der Waals surface area contributed by atoms with Crippen LogP contribution in [0, 0.1) is 6.92 Å². The highest BCUT2D eigenvalue weighted by Gasteiger charge is 2.24. The second-order valence-corrected chi connectivity index (χ2v) is 9.67. The number of hydrogen-bond acceptors (Lipinski definition) is 6. The SMILES string of the molecule is CCOc1ccc(Oc2cc(CNS(=O)(=O)c3ccc(N4CCCC4=O)cc3C)ccn2)cc1. The molecule has 2 aromatic carbocycles. The summed E-state index contributed by atoms with van der Waals surface area (Å²) < 4.78 is 39.7. The van der Waals surface area contributed by atoms with Crippen LogP contribution in [-0.4, -0.2) is 32.5 Å². The van der Waals surface area contributed by atoms with Gasteiger partial charge in [0.15, 0.2) is 0 Å². The number of hydrogen-bond donors (Lipinski definition) is 1. The van der Waals surface area contributed by atoms with Gasteiger partial charge in [0.2, 0.25) is 21.8 Å². The lowest BCUT2D eigenvalue weighted by molar-refractivity contribution is -0.117. The third-order valence-corrected chi connectivity index (χ3v) is 7.02. The van der Waals surface area contributed by atoms with Crippen LogP contribution in [0.25, 0.3) is 0 Å². The maximum absolute atomic E-state index is 12.9. The zero-order chi connectivity index (χ0) is 24.1. The number of benzene rings is 2. The smallest absolute Gasteiger partial charge is 0.241 e. The number of nitrogens with one attached hydrogen (secondary N) is 1. The van der Waals surface area contributed by atoms with Crippen molar-refractivity contribution in [1.29, 1.82) is 0 Å². The van der Waals surface area contributed by atoms with Crippen LogP contribution in [-0.2, 0) is 21.4 Å². The van der Waals surface area contributed by atoms with Gasteiger partial charge in [-0.1, -0.05) is 0 Å². The number of ether oxygens (including phenoxy) is 2. The van der Waals surface area contributed by atoms with Gasteiger partial charge >= 0.3 is 0 Å². The first-order valence-electron chi connectivity index (χ1n) is 11.1. The van der Waals surface area contributed by atoms with Crippen molar-refractivity contribution in [3.05, 3.63) is 71.9 Å². The van der Waals surface area contributed by atoms with Gasteiger partial charge in [-0.3, -0.25) is 4.79 Å². The molecule has 0 aliphatic carbocycles. The molecule has 1 aliphatic rings. The van der Waals surface area contributed by atoms with Gasteiger partial charge in [0, 0.05) is 37.5 Å². The van der Waals surface area contributed by atoms with Crippen LogP contribution >= 0.6 is 0 Å². The van der Waals surface area contributed by atoms with Crippen LogP contribution in [0.15, 0.2) is 65.7 Å². The summed E-state index contributed by atoms with van der Waals surface area (Å²) in [5.41, 5.74) is 2.01. The van der Waals surface area contributed by atoms with E-state index in [1.807, 2.05) is 19.1 Å². The Balaban J connectivity index is 1.42. The summed E-state index contributed by atoms with van der Waals surface area (Å²) >= 11 is 0. The number of carbonyl (C=O) groups is 1. The van der Waals surface area contributed by atoms with Gasteiger partial charge in [0.05, 0.1) is 11.5 Å². The van der Waals surface area contributed by atoms with Crippen molar-refractivity contribution >= 4 is 21.6 Å². The summed E-state index contributed by atoms with van der Waals surface area (Å²) in [5.74, 6) is 1.77. The van der Waals surface area contributed by atoms with E-state index >= 15 is 0 Å². The molecule has 8 nitrogen and oxygen atoms in total. The third kappa shape index (κ3) is 5.55. The highest BCUT2D eigenvalue weighted by molar-refractivity contribution is 7.89. The number of amides is 1. The Morgan fingerprint density at radius 1 is 1.06 bits per heavy atom. The number of pyridine rings is 1. The Hall–Kier alpha value is -3.43. The van der Waals surface area contributed by atoms with Crippen LogP contribution in [0.5, 0.6) is 17.4 Å². The Morgan fingerprint density at radius 3 is 2.50 bits per heavy atom. The molecular formula is C25H27N3O5S. The van der Waals surface area contributed by atoms with Crippen molar-refractivity contribution in [3.63, 3.8) is 0 Å². The number of anilines is 1. The normalized spacial score (nSPS) is 13.8. The van der Waals surface area contributed by atoms with Crippen LogP contribution in [0.3, 0.4) is 0 Å². The molecule has 9 heteroatoms. The van der Waals surface area contributed by atoms with Crippen LogP contribution < -0.4 is 19.1 Å². The average Bonchev–Trinajstić information content (AvgIpc) is 3.25. The molecule has 1 N–H and O–H groups in total. The molecule has 1 aromatic heterocycles. The number of aromatic nitrogens is 1. The molecule has 2 heterocycles. The van der Waals surface area contributed by atoms with Gasteiger partial charge < -0.3 is 14.4 Å². The van der Waals surface area contributed by atoms with Gasteiger partial charge in [-0.15, -0.1) is 0 Å². The first-order chi connectivity index (χ1) is 16.4. The Morgan fingerprint density at radius 2 is 1.82 bits per heavy atom. The Labute approximate surface area is 199 Å². The van der Waals surface area contributed by atoms with Gasteiger partial charge in [-0.05, 0) is 79.9 Å². The van der Waals surface area contributed by atoms with Crippen molar-refractivity contribution < 1.29 is 22.7 Å². The summed E-state index contributed by atoms with van der Waals surface area (Å²) in [6.45, 7) is 4.97. The summed E-state index contributed by atoms with van der Waals surface area (Å²) in [6, 6.07) is 15.6. The van der Waals surface area contributed by atoms with Crippen LogP contribution in [0.2, 0.25) is 0 Å². The van der Waals surface area contributed by atoms with Gasteiger partial charge in [-0.2, -0.15) is 0 Å². The molecule has 1 saturated heterocycles. The minimum absolute atomic E-state index is 0.0640. The number of nitrogens with zero attached hydrogens (tertiary/aromatic N) is 2. The van der Waals surface area contributed by atoms with Crippen LogP contribution in [0.4, 0.5) is 5.69 Å². The molecule has 1 aliphatic heterocycles. The summed E-state index contributed by atoms with van der Waals surface area (Å²) in [6.07, 6.45) is 2.91. The Kier molecular flexibility index (Phi) is 7.14. The first-order valence-corrected chi connectivity index (χ1v) is 12.6. The van der Waals surface area contributed by atoms with E-state index in [9.17, 15) is 13.2 Å². The van der Waals surface area contributed by atoms with Crippen molar-refractivity contribution in [3.8, 4) is 17.4 Å². The average molecular weight is 482 g/mol. The van der Waals surface area contributed by atoms with Gasteiger partial charge in [-0.25, -0.2) is 18.1 Å². The van der Waals surface area contributed by atoms with E-state index < -0.39 is 10.0 Å². The Bertz CT molecular complexity index is 1280. The van der Waals surface area contributed by atoms with E-state index in [0.717, 1.165) is 17.9 Å². The van der Waals surface area contributed by atoms with E-state index in [2.05, 4.69) is 9.71 Å². The van der Waals surface area contributed by atoms with E-state index in [0.29, 0.717) is 42.3 Å². The zero-order valence-electron chi connectivity index (χ0n) is 19.2. The van der Waals surface area contributed by atoms with Crippen molar-refractivity contribution in [2.45, 2.75) is 38.1 Å². The van der Waals surface area contributed by atoms with Gasteiger partial charge in [0.25, 0.3) is 0 Å². The maximum Gasteiger partial charge on any atom is 0.241 e. The third-order valence-electron chi connectivity index (χ3n) is 5.46. The first kappa shape index (κ1) is 23.7. The number of carbonyl (C=O) groups excluding carboxylic acids is 1. The highest BCUT2D eigenvalue weighted by atomic mass is 32.2. The lowest BCUT2D eigenvalue weighted by Gasteiger charge is -2.18. The largest absolute Gasteiger partial charge is 0.494 e. The molecule has 0 bridgehead atoms. The number of aryl methyl sites for hydroxylation is 1. The van der Waals surface area contributed by atoms with E-state index in [1.165, 1.54) is 0 Å². The summed E-state index contributed by atoms with van der Waals surface area (Å²) in [4.78, 5) is 18.1. The summed E-state index contributed by atoms with van der Waals surface area (Å²) in [5, 5.41) is 0. The number of rotatable bonds is 9. The number of sulfonamides is 1. The lowest BCUT2D eigenvalue weighted by Crippen LogP contribution is -2.26. The molecular weight excluding hydrogens is 454 g/mol. The molecule has 3 aromatic rings. The minimum Gasteiger partial charge on any atom is -0.494 e. The fraction of sp³-hybridized carbons (Fsp3) is 0.280. The molecule has 0 atom stereocenters. The maximum atomic E-state index is 12.9. The molecule has 4 rings (SSSR count). The van der Waals surface area contributed by atoms with Crippen molar-refractivity contribution in [2.75, 3.05) is 18.1 Å². The van der Waals surface area contributed by atoms with Crippen molar-refractivity contribution in [1.82, 2.24) is 9.71 Å². The second-order valence-electron chi connectivity index (χ2n) is 7.93. The van der Waals surface area contributed by atoms with E-state index in [1.54, 1.807) is 60.5 Å². The second kappa shape index (κ2) is 10.2. The topological polar surface area (TPSA) is 97.8 Å². The van der Waals surface area contributed by atoms with Crippen molar-refractivity contribution in [2.24, 2.45) is 0 Å². The standard InChI is InChI=1S/C25H27N3O5S/c1-3-32-21-7-9-22(10-8-21)33-24-16-19(12-13-26-24)17-27-34(30,31)23-11-6-20(15-18(23)2)28-14-4-5-25(28)29/h6-13,15-16,27H,3-5,14,17H2,1-2H3. The van der Waals surface area contributed by atoms with Crippen LogP contribution in [0.1, 0.15) is 30.9 Å². The molecule has 1 amide bonds. The predicted molar refractivity (Wildman–Crippen MR) is 129 cm³/mol. The fourth-order valence-electron chi connectivity index (χ4n) is 3.79. The molecule has 0 radical (unpaired) electrons. The zero-order valence-corrected chi connectivity index (χ0v) is 20.0. The lowest BCUT2D eigenvalue weighted by atomic mass is 10.2. The molecule has 34 heavy (non-hydrogen) atoms. The monoisotopic (exact) mass is 481 g/mol. The summed E-state index contributed by atoms with van der Waals surface area (Å²) in [7, 11) is -3.75. The highest BCUT2D eigenvalue weighted by Crippen LogP contribution is 2.26.